The Bertz CT molecular complexity index is 1240. The second-order valence-electron chi connectivity index (χ2n) is 11.2. The van der Waals surface area contributed by atoms with Gasteiger partial charge in [0.05, 0.1) is 5.69 Å². The van der Waals surface area contributed by atoms with Crippen molar-refractivity contribution in [2.45, 2.75) is 57.6 Å². The Labute approximate surface area is 211 Å². The number of amides is 1. The van der Waals surface area contributed by atoms with E-state index in [1.165, 1.54) is 24.1 Å². The fourth-order valence-corrected chi connectivity index (χ4v) is 5.07. The van der Waals surface area contributed by atoms with Crippen molar-refractivity contribution in [1.29, 1.82) is 0 Å². The van der Waals surface area contributed by atoms with E-state index in [1.807, 2.05) is 45.0 Å². The minimum atomic E-state index is -0.496. The summed E-state index contributed by atoms with van der Waals surface area (Å²) in [6.07, 6.45) is 2.83. The van der Waals surface area contributed by atoms with Crippen molar-refractivity contribution in [3.05, 3.63) is 59.4 Å². The zero-order valence-corrected chi connectivity index (χ0v) is 21.0. The van der Waals surface area contributed by atoms with E-state index >= 15 is 0 Å². The highest BCUT2D eigenvalue weighted by molar-refractivity contribution is 5.69. The highest BCUT2D eigenvalue weighted by Gasteiger charge is 2.57. The monoisotopic (exact) mass is 487 g/mol. The van der Waals surface area contributed by atoms with E-state index < -0.39 is 5.60 Å². The number of anilines is 3. The molecule has 1 unspecified atom stereocenters. The van der Waals surface area contributed by atoms with Crippen molar-refractivity contribution in [1.82, 2.24) is 25.5 Å². The topological polar surface area (TPSA) is 108 Å². The van der Waals surface area contributed by atoms with Crippen LogP contribution in [0.5, 0.6) is 0 Å². The van der Waals surface area contributed by atoms with Gasteiger partial charge < -0.3 is 20.3 Å². The Morgan fingerprint density at radius 1 is 1.08 bits per heavy atom. The van der Waals surface area contributed by atoms with Crippen LogP contribution in [0.2, 0.25) is 0 Å². The molecule has 9 heteroatoms. The lowest BCUT2D eigenvalue weighted by molar-refractivity contribution is 0.0518. The molecule has 2 aliphatic carbocycles. The lowest BCUT2D eigenvalue weighted by atomic mass is 10.1. The van der Waals surface area contributed by atoms with Gasteiger partial charge in [-0.2, -0.15) is 10.1 Å². The average Bonchev–Trinajstić information content (AvgIpc) is 3.66. The molecule has 36 heavy (non-hydrogen) atoms. The third kappa shape index (κ3) is 5.15. The molecule has 0 bridgehead atoms. The first-order valence-corrected chi connectivity index (χ1v) is 12.8. The second kappa shape index (κ2) is 8.80. The molecule has 1 amide bonds. The average molecular weight is 488 g/mol. The Hall–Kier alpha value is -3.62. The highest BCUT2D eigenvalue weighted by Crippen LogP contribution is 2.46. The summed E-state index contributed by atoms with van der Waals surface area (Å²) in [5.74, 6) is 3.63. The summed E-state index contributed by atoms with van der Waals surface area (Å²) < 4.78 is 5.43. The van der Waals surface area contributed by atoms with Crippen LogP contribution in [0.25, 0.3) is 0 Å². The molecule has 3 atom stereocenters. The number of carbonyl (C=O) groups is 1. The first-order valence-electron chi connectivity index (χ1n) is 12.8. The number of nitrogens with one attached hydrogen (secondary N) is 3. The van der Waals surface area contributed by atoms with Gasteiger partial charge in [0, 0.05) is 61.1 Å². The summed E-state index contributed by atoms with van der Waals surface area (Å²) in [7, 11) is 0. The maximum atomic E-state index is 12.2. The van der Waals surface area contributed by atoms with E-state index in [2.05, 4.69) is 43.9 Å². The van der Waals surface area contributed by atoms with Gasteiger partial charge in [0.15, 0.2) is 5.82 Å². The molecule has 0 radical (unpaired) electrons. The molecule has 3 N–H and O–H groups in total. The fourth-order valence-electron chi connectivity index (χ4n) is 5.07. The van der Waals surface area contributed by atoms with Crippen LogP contribution in [-0.4, -0.2) is 51.0 Å². The largest absolute Gasteiger partial charge is 0.444 e. The third-order valence-corrected chi connectivity index (χ3v) is 7.03. The normalized spacial score (nSPS) is 22.8. The smallest absolute Gasteiger partial charge is 0.407 e. The van der Waals surface area contributed by atoms with Crippen LogP contribution in [-0.2, 0) is 11.2 Å². The number of fused-ring (bicyclic) bond motifs is 1. The van der Waals surface area contributed by atoms with Crippen LogP contribution in [0, 0.1) is 11.8 Å². The number of benzene rings is 1. The fraction of sp³-hybridized carbons (Fsp3) is 0.481. The molecule has 1 aromatic carbocycles. The molecule has 2 aromatic heterocycles. The van der Waals surface area contributed by atoms with Gasteiger partial charge in [-0.05, 0) is 39.2 Å². The zero-order chi connectivity index (χ0) is 24.9. The number of rotatable bonds is 7. The predicted octanol–water partition coefficient (Wildman–Crippen LogP) is 4.37. The number of piperidine rings is 1. The summed E-state index contributed by atoms with van der Waals surface area (Å²) in [6, 6.07) is 14.6. The van der Waals surface area contributed by atoms with Crippen molar-refractivity contribution in [3.8, 4) is 0 Å². The number of H-pyrrole nitrogens is 1. The number of nitrogens with zero attached hydrogens (tertiary/aromatic N) is 4. The third-order valence-electron chi connectivity index (χ3n) is 7.03. The number of carbonyl (C=O) groups excluding carboxylic acids is 1. The van der Waals surface area contributed by atoms with E-state index in [-0.39, 0.29) is 12.1 Å². The van der Waals surface area contributed by atoms with Gasteiger partial charge in [0.25, 0.3) is 0 Å². The van der Waals surface area contributed by atoms with Crippen LogP contribution in [0.15, 0.2) is 42.5 Å². The van der Waals surface area contributed by atoms with Crippen LogP contribution in [0.3, 0.4) is 0 Å². The van der Waals surface area contributed by atoms with Crippen molar-refractivity contribution in [2.24, 2.45) is 11.8 Å². The first-order chi connectivity index (χ1) is 17.3. The quantitative estimate of drug-likeness (QED) is 0.454. The minimum absolute atomic E-state index is 0.158. The lowest BCUT2D eigenvalue weighted by Gasteiger charge is -2.23. The van der Waals surface area contributed by atoms with Gasteiger partial charge >= 0.3 is 6.09 Å². The molecular formula is C27H33N7O2. The molecule has 1 aliphatic heterocycles. The van der Waals surface area contributed by atoms with E-state index in [0.717, 1.165) is 36.8 Å². The Morgan fingerprint density at radius 2 is 1.83 bits per heavy atom. The molecular weight excluding hydrogens is 454 g/mol. The molecule has 2 saturated carbocycles. The van der Waals surface area contributed by atoms with Crippen molar-refractivity contribution >= 4 is 23.7 Å². The molecule has 6 rings (SSSR count). The molecule has 0 spiro atoms. The van der Waals surface area contributed by atoms with Gasteiger partial charge in [-0.1, -0.05) is 30.3 Å². The molecule has 188 valence electrons. The SMILES string of the molecule is CC(C)(C)OC(=O)NC1[C@H]2CN(c3nc(Cc4ccccc4)cc(Nc4cc(C5CC5)[nH]n4)n3)C[C@@H]12. The molecule has 9 nitrogen and oxygen atoms in total. The number of alkyl carbamates (subject to hydrolysis) is 1. The summed E-state index contributed by atoms with van der Waals surface area (Å²) >= 11 is 0. The molecule has 3 aromatic rings. The minimum Gasteiger partial charge on any atom is -0.444 e. The van der Waals surface area contributed by atoms with E-state index in [1.54, 1.807) is 0 Å². The van der Waals surface area contributed by atoms with Crippen LogP contribution < -0.4 is 15.5 Å². The molecule has 1 saturated heterocycles. The van der Waals surface area contributed by atoms with Crippen LogP contribution in [0.4, 0.5) is 22.4 Å². The standard InChI is InChI=1S/C27H33N7O2/c1-27(2,3)36-26(35)31-24-19-14-34(15-20(19)24)25-28-18(11-16-7-5-4-6-8-16)12-22(30-25)29-23-13-21(32-33-23)17-9-10-17/h4-8,12-13,17,19-20,24H,9-11,14-15H2,1-3H3,(H,31,35)(H2,28,29,30,32,33)/t19-,20+,24?. The zero-order valence-electron chi connectivity index (χ0n) is 21.0. The van der Waals surface area contributed by atoms with Crippen molar-refractivity contribution in [2.75, 3.05) is 23.3 Å². The first kappa shape index (κ1) is 22.8. The molecule has 3 fully saturated rings. The number of aromatic amines is 1. The van der Waals surface area contributed by atoms with Crippen molar-refractivity contribution < 1.29 is 9.53 Å². The summed E-state index contributed by atoms with van der Waals surface area (Å²) in [4.78, 5) is 24.2. The van der Waals surface area contributed by atoms with Gasteiger partial charge in [0.1, 0.15) is 11.4 Å². The van der Waals surface area contributed by atoms with Crippen LogP contribution >= 0.6 is 0 Å². The van der Waals surface area contributed by atoms with Gasteiger partial charge in [-0.25, -0.2) is 9.78 Å². The number of ether oxygens (including phenoxy) is 1. The summed E-state index contributed by atoms with van der Waals surface area (Å²) in [5.41, 5.74) is 2.84. The van der Waals surface area contributed by atoms with Crippen molar-refractivity contribution in [3.63, 3.8) is 0 Å². The maximum Gasteiger partial charge on any atom is 0.407 e. The summed E-state index contributed by atoms with van der Waals surface area (Å²) in [5, 5.41) is 14.0. The van der Waals surface area contributed by atoms with E-state index in [9.17, 15) is 4.79 Å². The van der Waals surface area contributed by atoms with E-state index in [4.69, 9.17) is 14.7 Å². The maximum absolute atomic E-state index is 12.2. The number of hydrogen-bond acceptors (Lipinski definition) is 7. The van der Waals surface area contributed by atoms with Gasteiger partial charge in [-0.15, -0.1) is 0 Å². The van der Waals surface area contributed by atoms with Crippen LogP contribution in [0.1, 0.15) is 56.5 Å². The number of aromatic nitrogens is 4. The van der Waals surface area contributed by atoms with Gasteiger partial charge in [0.2, 0.25) is 5.95 Å². The highest BCUT2D eigenvalue weighted by atomic mass is 16.6. The predicted molar refractivity (Wildman–Crippen MR) is 137 cm³/mol. The Kier molecular flexibility index (Phi) is 5.58. The Morgan fingerprint density at radius 3 is 2.53 bits per heavy atom. The second-order valence-corrected chi connectivity index (χ2v) is 11.2. The molecule has 3 heterocycles. The van der Waals surface area contributed by atoms with E-state index in [0.29, 0.717) is 23.7 Å². The molecule has 3 aliphatic rings. The summed E-state index contributed by atoms with van der Waals surface area (Å²) in [6.45, 7) is 7.26. The van der Waals surface area contributed by atoms with Gasteiger partial charge in [-0.3, -0.25) is 5.10 Å². The Balaban J connectivity index is 1.17. The lowest BCUT2D eigenvalue weighted by Crippen LogP contribution is -2.38. The number of hydrogen-bond donors (Lipinski definition) is 3.